The molecule has 0 saturated heterocycles. The molecule has 0 unspecified atom stereocenters. The van der Waals surface area contributed by atoms with E-state index in [4.69, 9.17) is 5.73 Å². The number of benzene rings is 1. The molecule has 2 heterocycles. The van der Waals surface area contributed by atoms with E-state index < -0.39 is 5.82 Å². The molecular formula is C12H9FN4. The van der Waals surface area contributed by atoms with E-state index in [2.05, 4.69) is 10.2 Å². The maximum absolute atomic E-state index is 13.3. The fourth-order valence-electron chi connectivity index (χ4n) is 1.77. The molecule has 17 heavy (non-hydrogen) atoms. The van der Waals surface area contributed by atoms with Crippen molar-refractivity contribution in [3.63, 3.8) is 0 Å². The van der Waals surface area contributed by atoms with Crippen LogP contribution in [0.2, 0.25) is 0 Å². The molecule has 0 atom stereocenters. The van der Waals surface area contributed by atoms with Crippen LogP contribution in [0.5, 0.6) is 0 Å². The molecule has 2 aromatic heterocycles. The van der Waals surface area contributed by atoms with E-state index in [1.165, 1.54) is 12.3 Å². The lowest BCUT2D eigenvalue weighted by molar-refractivity contribution is 0.620. The van der Waals surface area contributed by atoms with Crippen LogP contribution in [-0.4, -0.2) is 14.6 Å². The van der Waals surface area contributed by atoms with Crippen molar-refractivity contribution in [1.29, 1.82) is 0 Å². The SMILES string of the molecule is Nc1cc(F)cn2c(-c3ccccc3)nnc12. The van der Waals surface area contributed by atoms with E-state index in [1.54, 1.807) is 4.40 Å². The van der Waals surface area contributed by atoms with Gasteiger partial charge in [-0.2, -0.15) is 0 Å². The molecule has 3 aromatic rings. The third kappa shape index (κ3) is 1.52. The second kappa shape index (κ2) is 3.55. The van der Waals surface area contributed by atoms with Crippen molar-refractivity contribution in [2.24, 2.45) is 0 Å². The zero-order valence-electron chi connectivity index (χ0n) is 8.84. The van der Waals surface area contributed by atoms with E-state index in [9.17, 15) is 4.39 Å². The second-order valence-corrected chi connectivity index (χ2v) is 3.70. The molecule has 0 fully saturated rings. The summed E-state index contributed by atoms with van der Waals surface area (Å²) >= 11 is 0. The van der Waals surface area contributed by atoms with Gasteiger partial charge in [0.1, 0.15) is 5.82 Å². The van der Waals surface area contributed by atoms with Crippen molar-refractivity contribution in [3.05, 3.63) is 48.4 Å². The lowest BCUT2D eigenvalue weighted by Gasteiger charge is -2.01. The van der Waals surface area contributed by atoms with Gasteiger partial charge in [0.25, 0.3) is 0 Å². The van der Waals surface area contributed by atoms with Crippen LogP contribution in [0.15, 0.2) is 42.6 Å². The lowest BCUT2D eigenvalue weighted by atomic mass is 10.2. The zero-order chi connectivity index (χ0) is 11.8. The van der Waals surface area contributed by atoms with Gasteiger partial charge in [-0.05, 0) is 0 Å². The predicted molar refractivity (Wildman–Crippen MR) is 62.8 cm³/mol. The molecule has 0 saturated carbocycles. The fraction of sp³-hybridized carbons (Fsp3) is 0. The summed E-state index contributed by atoms with van der Waals surface area (Å²) in [6.45, 7) is 0. The molecule has 5 heteroatoms. The number of nitrogens with two attached hydrogens (primary N) is 1. The molecule has 0 aliphatic carbocycles. The summed E-state index contributed by atoms with van der Waals surface area (Å²) < 4.78 is 14.9. The van der Waals surface area contributed by atoms with Gasteiger partial charge in [-0.15, -0.1) is 10.2 Å². The smallest absolute Gasteiger partial charge is 0.184 e. The summed E-state index contributed by atoms with van der Waals surface area (Å²) in [4.78, 5) is 0. The fourth-order valence-corrected chi connectivity index (χ4v) is 1.77. The third-order valence-corrected chi connectivity index (χ3v) is 2.53. The number of hydrogen-bond acceptors (Lipinski definition) is 3. The molecule has 1 aromatic carbocycles. The normalized spacial score (nSPS) is 10.9. The highest BCUT2D eigenvalue weighted by molar-refractivity contribution is 5.68. The number of fused-ring (bicyclic) bond motifs is 1. The topological polar surface area (TPSA) is 56.2 Å². The van der Waals surface area contributed by atoms with Crippen LogP contribution in [0.3, 0.4) is 0 Å². The largest absolute Gasteiger partial charge is 0.396 e. The second-order valence-electron chi connectivity index (χ2n) is 3.70. The van der Waals surface area contributed by atoms with Crippen molar-refractivity contribution < 1.29 is 4.39 Å². The van der Waals surface area contributed by atoms with Crippen LogP contribution in [0.4, 0.5) is 10.1 Å². The van der Waals surface area contributed by atoms with E-state index in [1.807, 2.05) is 30.3 Å². The summed E-state index contributed by atoms with van der Waals surface area (Å²) in [5.74, 6) is 0.166. The highest BCUT2D eigenvalue weighted by Crippen LogP contribution is 2.21. The standard InChI is InChI=1S/C12H9FN4/c13-9-6-10(14)12-16-15-11(17(12)7-9)8-4-2-1-3-5-8/h1-7H,14H2. The summed E-state index contributed by atoms with van der Waals surface area (Å²) in [7, 11) is 0. The number of anilines is 1. The van der Waals surface area contributed by atoms with Crippen LogP contribution in [0.25, 0.3) is 17.0 Å². The Labute approximate surface area is 96.5 Å². The first-order valence-corrected chi connectivity index (χ1v) is 5.11. The van der Waals surface area contributed by atoms with Crippen LogP contribution in [0, 0.1) is 5.82 Å². The number of rotatable bonds is 1. The van der Waals surface area contributed by atoms with Crippen molar-refractivity contribution in [1.82, 2.24) is 14.6 Å². The minimum absolute atomic E-state index is 0.277. The van der Waals surface area contributed by atoms with E-state index in [-0.39, 0.29) is 5.69 Å². The molecular weight excluding hydrogens is 219 g/mol. The van der Waals surface area contributed by atoms with E-state index in [0.717, 1.165) is 5.56 Å². The summed E-state index contributed by atoms with van der Waals surface area (Å²) in [6, 6.07) is 10.7. The minimum atomic E-state index is -0.410. The van der Waals surface area contributed by atoms with Gasteiger partial charge in [-0.3, -0.25) is 4.40 Å². The van der Waals surface area contributed by atoms with Gasteiger partial charge in [0.05, 0.1) is 5.69 Å². The highest BCUT2D eigenvalue weighted by atomic mass is 19.1. The number of pyridine rings is 1. The average molecular weight is 228 g/mol. The monoisotopic (exact) mass is 228 g/mol. The molecule has 2 N–H and O–H groups in total. The quantitative estimate of drug-likeness (QED) is 0.694. The molecule has 0 spiro atoms. The van der Waals surface area contributed by atoms with Crippen LogP contribution < -0.4 is 5.73 Å². The van der Waals surface area contributed by atoms with Gasteiger partial charge in [0.2, 0.25) is 0 Å². The maximum Gasteiger partial charge on any atom is 0.184 e. The van der Waals surface area contributed by atoms with Crippen LogP contribution in [-0.2, 0) is 0 Å². The highest BCUT2D eigenvalue weighted by Gasteiger charge is 2.10. The number of halogens is 1. The van der Waals surface area contributed by atoms with Gasteiger partial charge < -0.3 is 5.73 Å². The zero-order valence-corrected chi connectivity index (χ0v) is 8.84. The number of nitrogens with zero attached hydrogens (tertiary/aromatic N) is 3. The van der Waals surface area contributed by atoms with Gasteiger partial charge >= 0.3 is 0 Å². The Kier molecular flexibility index (Phi) is 2.04. The Bertz CT molecular complexity index is 676. The van der Waals surface area contributed by atoms with Crippen molar-refractivity contribution >= 4 is 11.3 Å². The number of aromatic nitrogens is 3. The first-order valence-electron chi connectivity index (χ1n) is 5.11. The third-order valence-electron chi connectivity index (χ3n) is 2.53. The number of hydrogen-bond donors (Lipinski definition) is 1. The first kappa shape index (κ1) is 9.77. The first-order chi connectivity index (χ1) is 8.25. The Hall–Kier alpha value is -2.43. The molecule has 0 aliphatic heterocycles. The van der Waals surface area contributed by atoms with Gasteiger partial charge in [-0.25, -0.2) is 4.39 Å². The van der Waals surface area contributed by atoms with Crippen LogP contribution in [0.1, 0.15) is 0 Å². The summed E-state index contributed by atoms with van der Waals surface area (Å²) in [5, 5.41) is 7.99. The minimum Gasteiger partial charge on any atom is -0.396 e. The number of nitrogen functional groups attached to an aromatic ring is 1. The Morgan fingerprint density at radius 3 is 2.65 bits per heavy atom. The van der Waals surface area contributed by atoms with Gasteiger partial charge in [0, 0.05) is 17.8 Å². The lowest BCUT2D eigenvalue weighted by Crippen LogP contribution is -1.96. The molecule has 3 rings (SSSR count). The molecule has 84 valence electrons. The Balaban J connectivity index is 2.32. The molecule has 0 aliphatic rings. The van der Waals surface area contributed by atoms with Crippen molar-refractivity contribution in [2.45, 2.75) is 0 Å². The average Bonchev–Trinajstić information content (AvgIpc) is 2.74. The van der Waals surface area contributed by atoms with Gasteiger partial charge in [-0.1, -0.05) is 30.3 Å². The summed E-state index contributed by atoms with van der Waals surface area (Å²) in [5.41, 5.74) is 7.29. The Morgan fingerprint density at radius 1 is 1.12 bits per heavy atom. The van der Waals surface area contributed by atoms with Crippen LogP contribution >= 0.6 is 0 Å². The van der Waals surface area contributed by atoms with Crippen molar-refractivity contribution in [2.75, 3.05) is 5.73 Å². The van der Waals surface area contributed by atoms with Gasteiger partial charge in [0.15, 0.2) is 11.5 Å². The molecule has 0 amide bonds. The Morgan fingerprint density at radius 2 is 1.88 bits per heavy atom. The summed E-state index contributed by atoms with van der Waals surface area (Å²) in [6.07, 6.45) is 1.33. The maximum atomic E-state index is 13.3. The molecule has 0 radical (unpaired) electrons. The van der Waals surface area contributed by atoms with Crippen molar-refractivity contribution in [3.8, 4) is 11.4 Å². The molecule has 0 bridgehead atoms. The van der Waals surface area contributed by atoms with E-state index >= 15 is 0 Å². The van der Waals surface area contributed by atoms with E-state index in [0.29, 0.717) is 11.5 Å². The predicted octanol–water partition coefficient (Wildman–Crippen LogP) is 2.12. The molecule has 4 nitrogen and oxygen atoms in total.